The van der Waals surface area contributed by atoms with E-state index in [1.165, 1.54) is 0 Å². The van der Waals surface area contributed by atoms with E-state index in [9.17, 15) is 4.79 Å². The minimum absolute atomic E-state index is 0.149. The maximum Gasteiger partial charge on any atom is 0.306 e. The second-order valence-corrected chi connectivity index (χ2v) is 3.36. The number of aromatic nitrogens is 2. The molecular weight excluding hydrogens is 180 g/mol. The van der Waals surface area contributed by atoms with Crippen LogP contribution < -0.4 is 0 Å². The summed E-state index contributed by atoms with van der Waals surface area (Å²) in [4.78, 5) is 11.2. The van der Waals surface area contributed by atoms with Gasteiger partial charge in [0.05, 0.1) is 19.2 Å². The van der Waals surface area contributed by atoms with Gasteiger partial charge in [-0.15, -0.1) is 0 Å². The van der Waals surface area contributed by atoms with E-state index in [4.69, 9.17) is 4.74 Å². The number of nitrogens with zero attached hydrogens (tertiary/aromatic N) is 2. The van der Waals surface area contributed by atoms with Crippen LogP contribution in [0.4, 0.5) is 0 Å². The molecule has 0 aliphatic heterocycles. The van der Waals surface area contributed by atoms with Crippen LogP contribution in [0.15, 0.2) is 12.4 Å². The average molecular weight is 196 g/mol. The quantitative estimate of drug-likeness (QED) is 0.685. The minimum Gasteiger partial charge on any atom is -0.466 e. The van der Waals surface area contributed by atoms with Crippen molar-refractivity contribution in [2.45, 2.75) is 26.2 Å². The first-order valence-electron chi connectivity index (χ1n) is 4.77. The number of carbonyl (C=O) groups excluding carboxylic acids is 1. The summed E-state index contributed by atoms with van der Waals surface area (Å²) in [7, 11) is 1.86. The van der Waals surface area contributed by atoms with Gasteiger partial charge in [-0.1, -0.05) is 6.92 Å². The maximum absolute atomic E-state index is 11.2. The van der Waals surface area contributed by atoms with Crippen LogP contribution in [0.5, 0.6) is 0 Å². The fourth-order valence-corrected chi connectivity index (χ4v) is 1.28. The number of carbonyl (C=O) groups is 1. The summed E-state index contributed by atoms with van der Waals surface area (Å²) >= 11 is 0. The topological polar surface area (TPSA) is 44.1 Å². The van der Waals surface area contributed by atoms with Crippen molar-refractivity contribution < 1.29 is 9.53 Å². The van der Waals surface area contributed by atoms with E-state index in [-0.39, 0.29) is 11.9 Å². The van der Waals surface area contributed by atoms with Crippen molar-refractivity contribution in [2.75, 3.05) is 6.61 Å². The third kappa shape index (κ3) is 2.87. The van der Waals surface area contributed by atoms with Crippen molar-refractivity contribution in [3.8, 4) is 0 Å². The monoisotopic (exact) mass is 196 g/mol. The SMILES string of the molecule is CCOC(=O)C[C@H](C)c1cnn(C)c1. The Morgan fingerprint density at radius 3 is 2.93 bits per heavy atom. The molecule has 1 heterocycles. The molecule has 0 saturated carbocycles. The Kier molecular flexibility index (Phi) is 3.68. The van der Waals surface area contributed by atoms with E-state index in [1.807, 2.05) is 27.1 Å². The van der Waals surface area contributed by atoms with Gasteiger partial charge in [-0.3, -0.25) is 9.48 Å². The summed E-state index contributed by atoms with van der Waals surface area (Å²) in [6.07, 6.45) is 4.12. The van der Waals surface area contributed by atoms with Crippen molar-refractivity contribution in [3.63, 3.8) is 0 Å². The van der Waals surface area contributed by atoms with Crippen molar-refractivity contribution in [3.05, 3.63) is 18.0 Å². The molecule has 0 fully saturated rings. The number of rotatable bonds is 4. The van der Waals surface area contributed by atoms with E-state index in [1.54, 1.807) is 10.9 Å². The summed E-state index contributed by atoms with van der Waals surface area (Å²) in [6, 6.07) is 0. The van der Waals surface area contributed by atoms with Gasteiger partial charge >= 0.3 is 5.97 Å². The summed E-state index contributed by atoms with van der Waals surface area (Å²) in [5.74, 6) is 0.0200. The molecule has 1 rings (SSSR count). The number of esters is 1. The smallest absolute Gasteiger partial charge is 0.306 e. The highest BCUT2D eigenvalue weighted by Gasteiger charge is 2.12. The lowest BCUT2D eigenvalue weighted by molar-refractivity contribution is -0.143. The third-order valence-electron chi connectivity index (χ3n) is 2.07. The number of hydrogen-bond acceptors (Lipinski definition) is 3. The van der Waals surface area contributed by atoms with Gasteiger partial charge in [-0.25, -0.2) is 0 Å². The van der Waals surface area contributed by atoms with Crippen LogP contribution in [0, 0.1) is 0 Å². The van der Waals surface area contributed by atoms with Gasteiger partial charge in [0.2, 0.25) is 0 Å². The summed E-state index contributed by atoms with van der Waals surface area (Å²) < 4.78 is 6.61. The maximum atomic E-state index is 11.2. The van der Waals surface area contributed by atoms with Crippen molar-refractivity contribution in [1.29, 1.82) is 0 Å². The Morgan fingerprint density at radius 2 is 2.43 bits per heavy atom. The second-order valence-electron chi connectivity index (χ2n) is 3.36. The third-order valence-corrected chi connectivity index (χ3v) is 2.07. The molecule has 0 bridgehead atoms. The zero-order valence-electron chi connectivity index (χ0n) is 8.86. The predicted molar refractivity (Wildman–Crippen MR) is 52.9 cm³/mol. The molecule has 14 heavy (non-hydrogen) atoms. The molecule has 0 spiro atoms. The van der Waals surface area contributed by atoms with Crippen LogP contribution in [-0.4, -0.2) is 22.4 Å². The van der Waals surface area contributed by atoms with Crippen LogP contribution in [0.2, 0.25) is 0 Å². The van der Waals surface area contributed by atoms with Gasteiger partial charge < -0.3 is 4.74 Å². The predicted octanol–water partition coefficient (Wildman–Crippen LogP) is 1.48. The van der Waals surface area contributed by atoms with Crippen LogP contribution in [0.1, 0.15) is 31.7 Å². The Bertz CT molecular complexity index is 307. The van der Waals surface area contributed by atoms with Gasteiger partial charge in [0, 0.05) is 13.2 Å². The van der Waals surface area contributed by atoms with Crippen molar-refractivity contribution >= 4 is 5.97 Å². The fraction of sp³-hybridized carbons (Fsp3) is 0.600. The van der Waals surface area contributed by atoms with Crippen molar-refractivity contribution in [1.82, 2.24) is 9.78 Å². The standard InChI is InChI=1S/C10H16N2O2/c1-4-14-10(13)5-8(2)9-6-11-12(3)7-9/h6-8H,4-5H2,1-3H3/t8-/m0/s1. The Balaban J connectivity index is 2.50. The van der Waals surface area contributed by atoms with Crippen LogP contribution in [-0.2, 0) is 16.6 Å². The van der Waals surface area contributed by atoms with Gasteiger partial charge in [0.25, 0.3) is 0 Å². The largest absolute Gasteiger partial charge is 0.466 e. The summed E-state index contributed by atoms with van der Waals surface area (Å²) in [5, 5.41) is 4.06. The zero-order chi connectivity index (χ0) is 10.6. The lowest BCUT2D eigenvalue weighted by atomic mass is 10.0. The highest BCUT2D eigenvalue weighted by atomic mass is 16.5. The molecule has 0 saturated heterocycles. The highest BCUT2D eigenvalue weighted by Crippen LogP contribution is 2.18. The molecule has 1 atom stereocenters. The van der Waals surface area contributed by atoms with E-state index < -0.39 is 0 Å². The molecule has 1 aromatic heterocycles. The molecule has 0 aliphatic rings. The first-order valence-corrected chi connectivity index (χ1v) is 4.77. The van der Waals surface area contributed by atoms with Gasteiger partial charge in [-0.05, 0) is 18.4 Å². The molecule has 4 nitrogen and oxygen atoms in total. The van der Waals surface area contributed by atoms with Gasteiger partial charge in [-0.2, -0.15) is 5.10 Å². The average Bonchev–Trinajstić information content (AvgIpc) is 2.52. The highest BCUT2D eigenvalue weighted by molar-refractivity contribution is 5.70. The van der Waals surface area contributed by atoms with Crippen LogP contribution in [0.3, 0.4) is 0 Å². The summed E-state index contributed by atoms with van der Waals surface area (Å²) in [5.41, 5.74) is 1.07. The Labute approximate surface area is 83.9 Å². The van der Waals surface area contributed by atoms with Crippen molar-refractivity contribution in [2.24, 2.45) is 7.05 Å². The van der Waals surface area contributed by atoms with E-state index in [0.29, 0.717) is 13.0 Å². The number of hydrogen-bond donors (Lipinski definition) is 0. The number of aryl methyl sites for hydroxylation is 1. The molecule has 0 unspecified atom stereocenters. The second kappa shape index (κ2) is 4.79. The molecule has 0 aliphatic carbocycles. The molecule has 0 aromatic carbocycles. The zero-order valence-corrected chi connectivity index (χ0v) is 8.86. The van der Waals surface area contributed by atoms with Gasteiger partial charge in [0.1, 0.15) is 0 Å². The molecule has 1 aromatic rings. The first-order chi connectivity index (χ1) is 6.63. The first kappa shape index (κ1) is 10.8. The van der Waals surface area contributed by atoms with Crippen LogP contribution in [0.25, 0.3) is 0 Å². The van der Waals surface area contributed by atoms with E-state index in [0.717, 1.165) is 5.56 Å². The Hall–Kier alpha value is -1.32. The number of ether oxygens (including phenoxy) is 1. The molecule has 0 N–H and O–H groups in total. The normalized spacial score (nSPS) is 12.5. The lowest BCUT2D eigenvalue weighted by Gasteiger charge is -2.07. The minimum atomic E-state index is -0.149. The fourth-order valence-electron chi connectivity index (χ4n) is 1.28. The van der Waals surface area contributed by atoms with E-state index in [2.05, 4.69) is 5.10 Å². The lowest BCUT2D eigenvalue weighted by Crippen LogP contribution is -2.07. The molecule has 4 heteroatoms. The van der Waals surface area contributed by atoms with Gasteiger partial charge in [0.15, 0.2) is 0 Å². The Morgan fingerprint density at radius 1 is 1.71 bits per heavy atom. The molecule has 78 valence electrons. The summed E-state index contributed by atoms with van der Waals surface area (Å²) in [6.45, 7) is 4.25. The van der Waals surface area contributed by atoms with Crippen LogP contribution >= 0.6 is 0 Å². The molecular formula is C10H16N2O2. The molecule has 0 amide bonds. The van der Waals surface area contributed by atoms with E-state index >= 15 is 0 Å². The molecule has 0 radical (unpaired) electrons.